The first-order chi connectivity index (χ1) is 15.7. The third kappa shape index (κ3) is 3.38. The second-order valence-electron chi connectivity index (χ2n) is 7.76. The summed E-state index contributed by atoms with van der Waals surface area (Å²) in [5.74, 6) is 0.808. The van der Waals surface area contributed by atoms with Crippen molar-refractivity contribution in [2.45, 2.75) is 19.9 Å². The molecule has 3 aromatic heterocycles. The molecule has 0 atom stereocenters. The molecule has 8 heteroatoms. The van der Waals surface area contributed by atoms with E-state index in [9.17, 15) is 0 Å². The summed E-state index contributed by atoms with van der Waals surface area (Å²) in [6.07, 6.45) is 1.06. The van der Waals surface area contributed by atoms with Crippen LogP contribution in [0, 0.1) is 0 Å². The maximum atomic E-state index is 5.51. The molecule has 4 heterocycles. The topological polar surface area (TPSA) is 50.3 Å². The van der Waals surface area contributed by atoms with E-state index in [1.54, 1.807) is 29.8 Å². The van der Waals surface area contributed by atoms with Crippen LogP contribution in [0.15, 0.2) is 42.5 Å². The standard InChI is InChI=1S/C24H22N4OS3/c1-3-28-12-11-14-19(13-28)31-23(20(14)22-25-15-7-4-5-9-17(15)30-22)27-24-26-21-16(29-2)8-6-10-18(21)32-24/h4-10H,3,11-13H2,1-2H3,(H,26,27). The maximum Gasteiger partial charge on any atom is 0.189 e. The van der Waals surface area contributed by atoms with Crippen LogP contribution >= 0.6 is 34.0 Å². The van der Waals surface area contributed by atoms with Gasteiger partial charge in [0.25, 0.3) is 0 Å². The highest BCUT2D eigenvalue weighted by atomic mass is 32.1. The van der Waals surface area contributed by atoms with Crippen LogP contribution in [0.2, 0.25) is 0 Å². The summed E-state index contributed by atoms with van der Waals surface area (Å²) in [5, 5.41) is 6.79. The Labute approximate surface area is 198 Å². The Balaban J connectivity index is 1.47. The number of hydrogen-bond acceptors (Lipinski definition) is 8. The van der Waals surface area contributed by atoms with Crippen LogP contribution in [-0.4, -0.2) is 35.1 Å². The molecule has 0 unspecified atom stereocenters. The number of benzene rings is 2. The molecule has 0 bridgehead atoms. The second kappa shape index (κ2) is 8.12. The largest absolute Gasteiger partial charge is 0.494 e. The third-order valence-electron chi connectivity index (χ3n) is 5.91. The van der Waals surface area contributed by atoms with Gasteiger partial charge in [-0.3, -0.25) is 4.90 Å². The molecule has 0 fully saturated rings. The summed E-state index contributed by atoms with van der Waals surface area (Å²) >= 11 is 5.28. The zero-order valence-corrected chi connectivity index (χ0v) is 20.3. The summed E-state index contributed by atoms with van der Waals surface area (Å²) in [6.45, 7) is 5.41. The van der Waals surface area contributed by atoms with Crippen molar-refractivity contribution in [1.29, 1.82) is 0 Å². The van der Waals surface area contributed by atoms with E-state index in [1.165, 1.54) is 20.7 Å². The summed E-state index contributed by atoms with van der Waals surface area (Å²) in [7, 11) is 1.69. The molecule has 0 saturated carbocycles. The van der Waals surface area contributed by atoms with Crippen LogP contribution in [0.4, 0.5) is 10.1 Å². The van der Waals surface area contributed by atoms with E-state index in [4.69, 9.17) is 14.7 Å². The summed E-state index contributed by atoms with van der Waals surface area (Å²) in [6, 6.07) is 14.5. The minimum atomic E-state index is 0.808. The highest BCUT2D eigenvalue weighted by Gasteiger charge is 2.27. The van der Waals surface area contributed by atoms with Gasteiger partial charge in [0.15, 0.2) is 5.13 Å². The normalized spacial score (nSPS) is 14.2. The first kappa shape index (κ1) is 20.1. The van der Waals surface area contributed by atoms with E-state index in [1.807, 2.05) is 23.5 Å². The number of aromatic nitrogens is 2. The van der Waals surface area contributed by atoms with Crippen molar-refractivity contribution < 1.29 is 4.74 Å². The van der Waals surface area contributed by atoms with Gasteiger partial charge in [-0.05, 0) is 42.8 Å². The first-order valence-electron chi connectivity index (χ1n) is 10.7. The fourth-order valence-corrected chi connectivity index (χ4v) is 7.61. The molecule has 5 aromatic rings. The van der Waals surface area contributed by atoms with Gasteiger partial charge in [0.05, 0.1) is 22.0 Å². The predicted molar refractivity (Wildman–Crippen MR) is 137 cm³/mol. The van der Waals surface area contributed by atoms with Gasteiger partial charge in [-0.2, -0.15) is 0 Å². The van der Waals surface area contributed by atoms with Crippen molar-refractivity contribution in [1.82, 2.24) is 14.9 Å². The fourth-order valence-electron chi connectivity index (χ4n) is 4.26. The van der Waals surface area contributed by atoms with Crippen LogP contribution in [0.25, 0.3) is 31.0 Å². The van der Waals surface area contributed by atoms with Gasteiger partial charge in [0.2, 0.25) is 0 Å². The Kier molecular flexibility index (Phi) is 5.10. The lowest BCUT2D eigenvalue weighted by Crippen LogP contribution is -2.29. The first-order valence-corrected chi connectivity index (χ1v) is 13.1. The molecule has 1 aliphatic rings. The van der Waals surface area contributed by atoms with Gasteiger partial charge in [-0.15, -0.1) is 22.7 Å². The quantitative estimate of drug-likeness (QED) is 0.302. The Morgan fingerprint density at radius 2 is 1.91 bits per heavy atom. The average Bonchev–Trinajstić information content (AvgIpc) is 3.51. The number of hydrogen-bond donors (Lipinski definition) is 1. The predicted octanol–water partition coefficient (Wildman–Crippen LogP) is 6.76. The Morgan fingerprint density at radius 3 is 2.75 bits per heavy atom. The zero-order valence-electron chi connectivity index (χ0n) is 17.8. The van der Waals surface area contributed by atoms with Crippen LogP contribution in [0.3, 0.4) is 0 Å². The Bertz CT molecular complexity index is 1400. The molecule has 0 aliphatic carbocycles. The van der Waals surface area contributed by atoms with Gasteiger partial charge >= 0.3 is 0 Å². The fraction of sp³-hybridized carbons (Fsp3) is 0.250. The zero-order chi connectivity index (χ0) is 21.7. The molecule has 2 aromatic carbocycles. The molecular formula is C24H22N4OS3. The van der Waals surface area contributed by atoms with E-state index >= 15 is 0 Å². The van der Waals surface area contributed by atoms with E-state index in [0.29, 0.717) is 0 Å². The third-order valence-corrected chi connectivity index (χ3v) is 9.04. The van der Waals surface area contributed by atoms with Crippen molar-refractivity contribution >= 4 is 64.6 Å². The van der Waals surface area contributed by atoms with Crippen LogP contribution in [0.1, 0.15) is 17.4 Å². The molecule has 0 saturated heterocycles. The number of rotatable bonds is 5. The minimum Gasteiger partial charge on any atom is -0.494 e. The number of nitrogens with zero attached hydrogens (tertiary/aromatic N) is 3. The molecule has 0 amide bonds. The number of ether oxygens (including phenoxy) is 1. The molecule has 32 heavy (non-hydrogen) atoms. The van der Waals surface area contributed by atoms with Gasteiger partial charge < -0.3 is 10.1 Å². The SMILES string of the molecule is CCN1CCc2c(sc(Nc3nc4c(OC)cccc4s3)c2-c2nc3ccccc3s2)C1. The van der Waals surface area contributed by atoms with Crippen LogP contribution < -0.4 is 10.1 Å². The van der Waals surface area contributed by atoms with E-state index in [2.05, 4.69) is 47.5 Å². The lowest BCUT2D eigenvalue weighted by molar-refractivity contribution is 0.272. The highest BCUT2D eigenvalue weighted by Crippen LogP contribution is 2.47. The summed E-state index contributed by atoms with van der Waals surface area (Å²) in [5.41, 5.74) is 4.67. The van der Waals surface area contributed by atoms with Crippen molar-refractivity contribution in [2.75, 3.05) is 25.5 Å². The summed E-state index contributed by atoms with van der Waals surface area (Å²) < 4.78 is 7.86. The van der Waals surface area contributed by atoms with Crippen LogP contribution in [-0.2, 0) is 13.0 Å². The Morgan fingerprint density at radius 1 is 1.03 bits per heavy atom. The molecule has 162 valence electrons. The number of anilines is 2. The smallest absolute Gasteiger partial charge is 0.189 e. The molecule has 0 spiro atoms. The van der Waals surface area contributed by atoms with Crippen molar-refractivity contribution in [3.63, 3.8) is 0 Å². The number of para-hydroxylation sites is 2. The minimum absolute atomic E-state index is 0.808. The van der Waals surface area contributed by atoms with Crippen LogP contribution in [0.5, 0.6) is 5.75 Å². The molecule has 1 aliphatic heterocycles. The van der Waals surface area contributed by atoms with E-state index in [0.717, 1.165) is 62.7 Å². The van der Waals surface area contributed by atoms with Crippen molar-refractivity contribution in [2.24, 2.45) is 0 Å². The molecule has 6 rings (SSSR count). The second-order valence-corrected chi connectivity index (χ2v) is 10.9. The lowest BCUT2D eigenvalue weighted by atomic mass is 10.0. The molecular weight excluding hydrogens is 456 g/mol. The molecule has 1 N–H and O–H groups in total. The Hall–Kier alpha value is -2.52. The number of likely N-dealkylation sites (N-methyl/N-ethyl adjacent to an activating group) is 1. The van der Waals surface area contributed by atoms with Gasteiger partial charge in [-0.25, -0.2) is 9.97 Å². The molecule has 0 radical (unpaired) electrons. The summed E-state index contributed by atoms with van der Waals surface area (Å²) in [4.78, 5) is 13.8. The van der Waals surface area contributed by atoms with E-state index < -0.39 is 0 Å². The van der Waals surface area contributed by atoms with Gasteiger partial charge in [-0.1, -0.05) is 36.5 Å². The maximum absolute atomic E-state index is 5.51. The van der Waals surface area contributed by atoms with E-state index in [-0.39, 0.29) is 0 Å². The van der Waals surface area contributed by atoms with Crippen molar-refractivity contribution in [3.05, 3.63) is 52.9 Å². The van der Waals surface area contributed by atoms with Crippen molar-refractivity contribution in [3.8, 4) is 16.3 Å². The number of methoxy groups -OCH3 is 1. The number of thiophene rings is 1. The number of fused-ring (bicyclic) bond motifs is 3. The number of nitrogens with one attached hydrogen (secondary N) is 1. The molecule has 5 nitrogen and oxygen atoms in total. The highest BCUT2D eigenvalue weighted by molar-refractivity contribution is 7.24. The monoisotopic (exact) mass is 478 g/mol. The van der Waals surface area contributed by atoms with Gasteiger partial charge in [0.1, 0.15) is 21.3 Å². The lowest BCUT2D eigenvalue weighted by Gasteiger charge is -2.25. The average molecular weight is 479 g/mol. The van der Waals surface area contributed by atoms with Gasteiger partial charge in [0, 0.05) is 23.5 Å². The number of thiazole rings is 2.